The molecule has 0 aromatic carbocycles. The van der Waals surface area contributed by atoms with Crippen molar-refractivity contribution in [3.05, 3.63) is 11.6 Å². The zero-order valence-corrected chi connectivity index (χ0v) is 11.1. The molecule has 0 spiro atoms. The maximum atomic E-state index is 11.7. The molecule has 5 nitrogen and oxygen atoms in total. The van der Waals surface area contributed by atoms with Crippen LogP contribution in [0, 0.1) is 0 Å². The van der Waals surface area contributed by atoms with Gasteiger partial charge in [-0.25, -0.2) is 4.98 Å². The molecular formula is C11H17N3O2S. The Labute approximate surface area is 105 Å². The molecule has 0 radical (unpaired) electrons. The van der Waals surface area contributed by atoms with Gasteiger partial charge in [-0.05, 0) is 13.3 Å². The van der Waals surface area contributed by atoms with Crippen LogP contribution in [0.5, 0.6) is 0 Å². The average molecular weight is 255 g/mol. The van der Waals surface area contributed by atoms with Gasteiger partial charge in [0.2, 0.25) is 11.8 Å². The summed E-state index contributed by atoms with van der Waals surface area (Å²) < 4.78 is 0. The minimum Gasteiger partial charge on any atom is -0.331 e. The van der Waals surface area contributed by atoms with E-state index in [0.29, 0.717) is 5.13 Å². The van der Waals surface area contributed by atoms with Gasteiger partial charge in [-0.1, -0.05) is 6.92 Å². The van der Waals surface area contributed by atoms with Crippen LogP contribution >= 0.6 is 11.3 Å². The van der Waals surface area contributed by atoms with Crippen molar-refractivity contribution in [2.75, 3.05) is 11.9 Å². The number of nitrogens with zero attached hydrogens (tertiary/aromatic N) is 2. The van der Waals surface area contributed by atoms with E-state index in [1.165, 1.54) is 18.3 Å². The van der Waals surface area contributed by atoms with Gasteiger partial charge in [0, 0.05) is 24.5 Å². The SMILES string of the molecule is CCC(C)N(CC(=O)Nc1nccs1)C(C)=O. The fourth-order valence-corrected chi connectivity index (χ4v) is 1.94. The molecule has 2 amide bonds. The molecule has 0 fully saturated rings. The summed E-state index contributed by atoms with van der Waals surface area (Å²) in [4.78, 5) is 28.6. The average Bonchev–Trinajstić information content (AvgIpc) is 2.77. The summed E-state index contributed by atoms with van der Waals surface area (Å²) in [7, 11) is 0. The largest absolute Gasteiger partial charge is 0.331 e. The lowest BCUT2D eigenvalue weighted by molar-refractivity contribution is -0.134. The first-order valence-corrected chi connectivity index (χ1v) is 6.39. The molecule has 1 rings (SSSR count). The first-order chi connectivity index (χ1) is 8.04. The summed E-state index contributed by atoms with van der Waals surface area (Å²) in [5.41, 5.74) is 0. The number of nitrogens with one attached hydrogen (secondary N) is 1. The highest BCUT2D eigenvalue weighted by Gasteiger charge is 2.18. The van der Waals surface area contributed by atoms with Crippen molar-refractivity contribution in [1.82, 2.24) is 9.88 Å². The fourth-order valence-electron chi connectivity index (χ4n) is 1.40. The minimum absolute atomic E-state index is 0.0644. The Balaban J connectivity index is 2.55. The number of anilines is 1. The summed E-state index contributed by atoms with van der Waals surface area (Å²) in [6.07, 6.45) is 2.45. The molecule has 1 heterocycles. The Morgan fingerprint density at radius 1 is 1.59 bits per heavy atom. The van der Waals surface area contributed by atoms with E-state index in [0.717, 1.165) is 6.42 Å². The second kappa shape index (κ2) is 6.34. The number of hydrogen-bond acceptors (Lipinski definition) is 4. The van der Waals surface area contributed by atoms with E-state index in [4.69, 9.17) is 0 Å². The van der Waals surface area contributed by atoms with Crippen molar-refractivity contribution in [2.24, 2.45) is 0 Å². The van der Waals surface area contributed by atoms with E-state index in [-0.39, 0.29) is 24.4 Å². The van der Waals surface area contributed by atoms with Gasteiger partial charge in [-0.15, -0.1) is 11.3 Å². The Bertz CT molecular complexity index is 378. The first kappa shape index (κ1) is 13.6. The minimum atomic E-state index is -0.213. The number of hydrogen-bond donors (Lipinski definition) is 1. The molecule has 1 atom stereocenters. The predicted molar refractivity (Wildman–Crippen MR) is 67.9 cm³/mol. The zero-order valence-electron chi connectivity index (χ0n) is 10.3. The monoisotopic (exact) mass is 255 g/mol. The first-order valence-electron chi connectivity index (χ1n) is 5.51. The topological polar surface area (TPSA) is 62.3 Å². The third kappa shape index (κ3) is 4.14. The number of carbonyl (C=O) groups excluding carboxylic acids is 2. The normalized spacial score (nSPS) is 11.9. The van der Waals surface area contributed by atoms with Crippen LogP contribution in [0.1, 0.15) is 27.2 Å². The van der Waals surface area contributed by atoms with E-state index in [2.05, 4.69) is 10.3 Å². The molecule has 1 aromatic rings. The molecule has 0 aliphatic heterocycles. The molecule has 94 valence electrons. The van der Waals surface area contributed by atoms with Gasteiger partial charge < -0.3 is 10.2 Å². The van der Waals surface area contributed by atoms with E-state index < -0.39 is 0 Å². The lowest BCUT2D eigenvalue weighted by atomic mass is 10.2. The highest BCUT2D eigenvalue weighted by molar-refractivity contribution is 7.13. The predicted octanol–water partition coefficient (Wildman–Crippen LogP) is 1.73. The lowest BCUT2D eigenvalue weighted by Gasteiger charge is -2.26. The van der Waals surface area contributed by atoms with Crippen LogP contribution in [0.4, 0.5) is 5.13 Å². The fraction of sp³-hybridized carbons (Fsp3) is 0.545. The van der Waals surface area contributed by atoms with Gasteiger partial charge in [0.1, 0.15) is 6.54 Å². The molecule has 6 heteroatoms. The second-order valence-electron chi connectivity index (χ2n) is 3.79. The van der Waals surface area contributed by atoms with Gasteiger partial charge in [0.15, 0.2) is 5.13 Å². The number of thiazole rings is 1. The Morgan fingerprint density at radius 2 is 2.29 bits per heavy atom. The van der Waals surface area contributed by atoms with E-state index in [1.54, 1.807) is 16.5 Å². The van der Waals surface area contributed by atoms with Gasteiger partial charge >= 0.3 is 0 Å². The number of aromatic nitrogens is 1. The molecule has 0 saturated carbocycles. The molecule has 17 heavy (non-hydrogen) atoms. The molecule has 1 aromatic heterocycles. The molecule has 1 N–H and O–H groups in total. The third-order valence-electron chi connectivity index (χ3n) is 2.52. The van der Waals surface area contributed by atoms with Crippen LogP contribution in [0.25, 0.3) is 0 Å². The smallest absolute Gasteiger partial charge is 0.245 e. The van der Waals surface area contributed by atoms with Gasteiger partial charge in [0.05, 0.1) is 0 Å². The molecule has 0 bridgehead atoms. The highest BCUT2D eigenvalue weighted by Crippen LogP contribution is 2.11. The lowest BCUT2D eigenvalue weighted by Crippen LogP contribution is -2.42. The van der Waals surface area contributed by atoms with Crippen molar-refractivity contribution < 1.29 is 9.59 Å². The number of amides is 2. The van der Waals surface area contributed by atoms with Crippen LogP contribution in [-0.2, 0) is 9.59 Å². The number of carbonyl (C=O) groups is 2. The van der Waals surface area contributed by atoms with Crippen LogP contribution in [0.2, 0.25) is 0 Å². The highest BCUT2D eigenvalue weighted by atomic mass is 32.1. The van der Waals surface area contributed by atoms with Crippen LogP contribution in [0.15, 0.2) is 11.6 Å². The van der Waals surface area contributed by atoms with Crippen molar-refractivity contribution in [1.29, 1.82) is 0 Å². The van der Waals surface area contributed by atoms with Crippen LogP contribution in [-0.4, -0.2) is 34.3 Å². The molecule has 0 aliphatic rings. The van der Waals surface area contributed by atoms with E-state index in [9.17, 15) is 9.59 Å². The van der Waals surface area contributed by atoms with Gasteiger partial charge in [0.25, 0.3) is 0 Å². The molecular weight excluding hydrogens is 238 g/mol. The maximum absolute atomic E-state index is 11.7. The van der Waals surface area contributed by atoms with Crippen molar-refractivity contribution >= 4 is 28.3 Å². The van der Waals surface area contributed by atoms with Gasteiger partial charge in [-0.3, -0.25) is 9.59 Å². The summed E-state index contributed by atoms with van der Waals surface area (Å²) in [6, 6.07) is 0.0644. The van der Waals surface area contributed by atoms with Crippen LogP contribution < -0.4 is 5.32 Å². The van der Waals surface area contributed by atoms with Crippen molar-refractivity contribution in [3.8, 4) is 0 Å². The summed E-state index contributed by atoms with van der Waals surface area (Å²) >= 11 is 1.35. The van der Waals surface area contributed by atoms with Gasteiger partial charge in [-0.2, -0.15) is 0 Å². The van der Waals surface area contributed by atoms with Crippen LogP contribution in [0.3, 0.4) is 0 Å². The molecule has 0 aliphatic carbocycles. The van der Waals surface area contributed by atoms with E-state index in [1.807, 2.05) is 13.8 Å². The maximum Gasteiger partial charge on any atom is 0.245 e. The third-order valence-corrected chi connectivity index (χ3v) is 3.21. The Morgan fingerprint density at radius 3 is 2.76 bits per heavy atom. The summed E-state index contributed by atoms with van der Waals surface area (Å²) in [5, 5.41) is 5.00. The Hall–Kier alpha value is -1.43. The second-order valence-corrected chi connectivity index (χ2v) is 4.68. The molecule has 0 saturated heterocycles. The van der Waals surface area contributed by atoms with Crippen molar-refractivity contribution in [2.45, 2.75) is 33.2 Å². The van der Waals surface area contributed by atoms with Crippen molar-refractivity contribution in [3.63, 3.8) is 0 Å². The molecule has 1 unspecified atom stereocenters. The van der Waals surface area contributed by atoms with E-state index >= 15 is 0 Å². The quantitative estimate of drug-likeness (QED) is 0.871. The number of rotatable bonds is 5. The summed E-state index contributed by atoms with van der Waals surface area (Å²) in [5.74, 6) is -0.302. The zero-order chi connectivity index (χ0) is 12.8. The summed E-state index contributed by atoms with van der Waals surface area (Å²) in [6.45, 7) is 5.46. The standard InChI is InChI=1S/C11H17N3O2S/c1-4-8(2)14(9(3)15)7-10(16)13-11-12-5-6-17-11/h5-6,8H,4,7H2,1-3H3,(H,12,13,16). The Kier molecular flexibility index (Phi) is 5.09.